The van der Waals surface area contributed by atoms with Crippen molar-refractivity contribution in [3.8, 4) is 11.3 Å². The van der Waals surface area contributed by atoms with Crippen LogP contribution in [0.2, 0.25) is 0 Å². The summed E-state index contributed by atoms with van der Waals surface area (Å²) in [6.07, 6.45) is -1.33. The number of aromatic nitrogens is 4. The van der Waals surface area contributed by atoms with Gasteiger partial charge in [0.25, 0.3) is 0 Å². The number of hydrogen-bond donors (Lipinski definition) is 2. The third-order valence-corrected chi connectivity index (χ3v) is 6.04. The van der Waals surface area contributed by atoms with E-state index in [1.54, 1.807) is 4.90 Å². The van der Waals surface area contributed by atoms with Gasteiger partial charge in [-0.15, -0.1) is 0 Å². The Morgan fingerprint density at radius 2 is 1.82 bits per heavy atom. The molecule has 3 aromatic heterocycles. The molecule has 0 atom stereocenters. The molecule has 0 aromatic carbocycles. The number of rotatable bonds is 5. The molecule has 4 rings (SSSR count). The van der Waals surface area contributed by atoms with Crippen LogP contribution in [0.25, 0.3) is 11.3 Å². The Bertz CT molecular complexity index is 1310. The largest absolute Gasteiger partial charge is 0.417 e. The third-order valence-electron chi connectivity index (χ3n) is 4.93. The Hall–Kier alpha value is -3.52. The summed E-state index contributed by atoms with van der Waals surface area (Å²) in [7, 11) is -3.50. The number of nitrogens with zero attached hydrogens (tertiary/aromatic N) is 5. The molecular formula is C20H20F3N7O3S. The zero-order chi connectivity index (χ0) is 24.5. The number of nitrogen functional groups attached to an aromatic ring is 1. The summed E-state index contributed by atoms with van der Waals surface area (Å²) in [6, 6.07) is 4.69. The normalized spacial score (nSPS) is 14.8. The fourth-order valence-corrected chi connectivity index (χ4v) is 3.93. The fraction of sp³-hybridized carbons (Fsp3) is 0.300. The van der Waals surface area contributed by atoms with Crippen molar-refractivity contribution in [2.45, 2.75) is 11.1 Å². The maximum absolute atomic E-state index is 13.7. The van der Waals surface area contributed by atoms with Gasteiger partial charge in [0.1, 0.15) is 17.5 Å². The topological polar surface area (TPSA) is 136 Å². The summed E-state index contributed by atoms with van der Waals surface area (Å²) in [6.45, 7) is 1.70. The lowest BCUT2D eigenvalue weighted by molar-refractivity contribution is -0.137. The molecule has 14 heteroatoms. The number of nitrogens with one attached hydrogen (secondary N) is 1. The predicted octanol–water partition coefficient (Wildman–Crippen LogP) is 2.52. The van der Waals surface area contributed by atoms with Crippen molar-refractivity contribution in [2.75, 3.05) is 48.5 Å². The van der Waals surface area contributed by atoms with Gasteiger partial charge in [0.15, 0.2) is 9.84 Å². The van der Waals surface area contributed by atoms with E-state index >= 15 is 0 Å². The molecule has 0 bridgehead atoms. The Morgan fingerprint density at radius 1 is 1.09 bits per heavy atom. The van der Waals surface area contributed by atoms with E-state index in [0.717, 1.165) is 18.5 Å². The van der Waals surface area contributed by atoms with Gasteiger partial charge in [0.05, 0.1) is 29.4 Å². The van der Waals surface area contributed by atoms with Gasteiger partial charge in [-0.05, 0) is 18.2 Å². The second-order valence-electron chi connectivity index (χ2n) is 7.46. The molecule has 10 nitrogen and oxygen atoms in total. The smallest absolute Gasteiger partial charge is 0.384 e. The highest BCUT2D eigenvalue weighted by Crippen LogP contribution is 2.38. The van der Waals surface area contributed by atoms with Crippen LogP contribution in [-0.4, -0.2) is 60.9 Å². The second kappa shape index (κ2) is 9.02. The highest BCUT2D eigenvalue weighted by molar-refractivity contribution is 7.90. The van der Waals surface area contributed by atoms with Gasteiger partial charge in [0.2, 0.25) is 5.95 Å². The molecule has 1 aliphatic rings. The first-order valence-corrected chi connectivity index (χ1v) is 11.9. The molecule has 180 valence electrons. The van der Waals surface area contributed by atoms with Gasteiger partial charge in [-0.25, -0.2) is 23.4 Å². The van der Waals surface area contributed by atoms with E-state index in [1.807, 2.05) is 0 Å². The average molecular weight is 495 g/mol. The second-order valence-corrected chi connectivity index (χ2v) is 9.48. The van der Waals surface area contributed by atoms with E-state index in [4.69, 9.17) is 10.5 Å². The third kappa shape index (κ3) is 5.34. The van der Waals surface area contributed by atoms with Crippen LogP contribution in [0.15, 0.2) is 41.6 Å². The van der Waals surface area contributed by atoms with Crippen molar-refractivity contribution >= 4 is 33.2 Å². The average Bonchev–Trinajstić information content (AvgIpc) is 2.78. The Labute approximate surface area is 192 Å². The summed E-state index contributed by atoms with van der Waals surface area (Å²) in [5, 5.41) is 2.86. The lowest BCUT2D eigenvalue weighted by Gasteiger charge is -2.27. The zero-order valence-electron chi connectivity index (χ0n) is 17.9. The summed E-state index contributed by atoms with van der Waals surface area (Å²) < 4.78 is 70.3. The molecule has 0 amide bonds. The van der Waals surface area contributed by atoms with Crippen LogP contribution >= 0.6 is 0 Å². The van der Waals surface area contributed by atoms with Gasteiger partial charge in [0, 0.05) is 43.4 Å². The molecular weight excluding hydrogens is 475 g/mol. The highest BCUT2D eigenvalue weighted by Gasteiger charge is 2.35. The number of halogens is 3. The quantitative estimate of drug-likeness (QED) is 0.543. The molecule has 0 saturated carbocycles. The monoisotopic (exact) mass is 495 g/mol. The van der Waals surface area contributed by atoms with Gasteiger partial charge in [-0.1, -0.05) is 0 Å². The molecule has 0 radical (unpaired) electrons. The maximum Gasteiger partial charge on any atom is 0.417 e. The molecule has 34 heavy (non-hydrogen) atoms. The zero-order valence-corrected chi connectivity index (χ0v) is 18.7. The van der Waals surface area contributed by atoms with Crippen molar-refractivity contribution in [1.29, 1.82) is 0 Å². The van der Waals surface area contributed by atoms with Crippen molar-refractivity contribution in [3.63, 3.8) is 0 Å². The molecule has 1 fully saturated rings. The molecule has 3 N–H and O–H groups in total. The van der Waals surface area contributed by atoms with E-state index in [9.17, 15) is 21.6 Å². The van der Waals surface area contributed by atoms with E-state index in [0.29, 0.717) is 26.3 Å². The van der Waals surface area contributed by atoms with Crippen LogP contribution in [0.3, 0.4) is 0 Å². The minimum Gasteiger partial charge on any atom is -0.384 e. The van der Waals surface area contributed by atoms with E-state index < -0.39 is 21.6 Å². The van der Waals surface area contributed by atoms with E-state index in [-0.39, 0.29) is 39.6 Å². The number of sulfone groups is 1. The fourth-order valence-electron chi connectivity index (χ4n) is 3.29. The lowest BCUT2D eigenvalue weighted by atomic mass is 10.1. The van der Waals surface area contributed by atoms with Gasteiger partial charge in [-0.2, -0.15) is 18.2 Å². The van der Waals surface area contributed by atoms with Gasteiger partial charge in [-0.3, -0.25) is 0 Å². The summed E-state index contributed by atoms with van der Waals surface area (Å²) in [5.74, 6) is 0.160. The SMILES string of the molecule is CS(=O)(=O)c1ccnc(Nc2cc(-c3cnc(N)cc3C(F)(F)F)nc(N3CCOCC3)n2)c1. The van der Waals surface area contributed by atoms with E-state index in [1.165, 1.54) is 24.4 Å². The first-order valence-electron chi connectivity index (χ1n) is 9.99. The first-order chi connectivity index (χ1) is 16.0. The summed E-state index contributed by atoms with van der Waals surface area (Å²) in [5.41, 5.74) is 4.18. The molecule has 3 aromatic rings. The Balaban J connectivity index is 1.82. The van der Waals surface area contributed by atoms with Crippen LogP contribution in [0.4, 0.5) is 36.6 Å². The molecule has 1 saturated heterocycles. The van der Waals surface area contributed by atoms with Crippen LogP contribution < -0.4 is 16.0 Å². The lowest BCUT2D eigenvalue weighted by Crippen LogP contribution is -2.37. The predicted molar refractivity (Wildman–Crippen MR) is 118 cm³/mol. The summed E-state index contributed by atoms with van der Waals surface area (Å²) >= 11 is 0. The summed E-state index contributed by atoms with van der Waals surface area (Å²) in [4.78, 5) is 18.5. The standard InChI is InChI=1S/C20H20F3N7O3S/c1-34(31,32)12-2-3-25-17(8-12)28-18-10-15(27-19(29-18)30-4-6-33-7-5-30)13-11-26-16(24)9-14(13)20(21,22)23/h2-3,8-11H,4-7H2,1H3,(H2,24,26)(H,25,27,28,29). The maximum atomic E-state index is 13.7. The number of morpholine rings is 1. The Kier molecular flexibility index (Phi) is 6.27. The van der Waals surface area contributed by atoms with Crippen LogP contribution in [0.5, 0.6) is 0 Å². The molecule has 0 aliphatic carbocycles. The van der Waals surface area contributed by atoms with Crippen molar-refractivity contribution < 1.29 is 26.3 Å². The number of alkyl halides is 3. The number of ether oxygens (including phenoxy) is 1. The van der Waals surface area contributed by atoms with Gasteiger partial charge >= 0.3 is 6.18 Å². The molecule has 0 spiro atoms. The Morgan fingerprint density at radius 3 is 2.50 bits per heavy atom. The minimum absolute atomic E-state index is 0.0229. The van der Waals surface area contributed by atoms with Crippen molar-refractivity contribution in [3.05, 3.63) is 42.2 Å². The number of anilines is 4. The molecule has 0 unspecified atom stereocenters. The van der Waals surface area contributed by atoms with Crippen molar-refractivity contribution in [1.82, 2.24) is 19.9 Å². The van der Waals surface area contributed by atoms with Gasteiger partial charge < -0.3 is 20.7 Å². The van der Waals surface area contributed by atoms with Crippen LogP contribution in [0, 0.1) is 0 Å². The number of nitrogens with two attached hydrogens (primary N) is 1. The molecule has 1 aliphatic heterocycles. The van der Waals surface area contributed by atoms with Crippen molar-refractivity contribution in [2.24, 2.45) is 0 Å². The van der Waals surface area contributed by atoms with Crippen LogP contribution in [-0.2, 0) is 20.8 Å². The van der Waals surface area contributed by atoms with E-state index in [2.05, 4.69) is 25.3 Å². The molecule has 4 heterocycles. The first kappa shape index (κ1) is 23.6. The highest BCUT2D eigenvalue weighted by atomic mass is 32.2. The minimum atomic E-state index is -4.70. The number of pyridine rings is 2. The van der Waals surface area contributed by atoms with Crippen LogP contribution in [0.1, 0.15) is 5.56 Å². The number of hydrogen-bond acceptors (Lipinski definition) is 10.